The number of thiophene rings is 1. The van der Waals surface area contributed by atoms with Crippen LogP contribution in [-0.2, 0) is 11.3 Å². The standard InChI is InChI=1S/C22H18N2O2S/c1-15-20(24-21(23-15)18-5-3-2-4-6-18)22(25)26-13-16-7-9-17(10-8-16)19-11-12-27-14-19/h2-12,14H,13H2,1H3,(H,23,24). The van der Waals surface area contributed by atoms with Crippen LogP contribution in [0.5, 0.6) is 0 Å². The summed E-state index contributed by atoms with van der Waals surface area (Å²) in [4.78, 5) is 20.0. The number of carbonyl (C=O) groups is 1. The lowest BCUT2D eigenvalue weighted by molar-refractivity contribution is 0.0465. The van der Waals surface area contributed by atoms with E-state index < -0.39 is 5.97 Å². The lowest BCUT2D eigenvalue weighted by atomic mass is 10.1. The van der Waals surface area contributed by atoms with Crippen molar-refractivity contribution in [1.82, 2.24) is 9.97 Å². The lowest BCUT2D eigenvalue weighted by Crippen LogP contribution is -2.07. The number of aryl methyl sites for hydroxylation is 1. The maximum absolute atomic E-state index is 12.4. The first-order valence-electron chi connectivity index (χ1n) is 8.61. The van der Waals surface area contributed by atoms with E-state index in [2.05, 4.69) is 26.8 Å². The van der Waals surface area contributed by atoms with Gasteiger partial charge in [-0.05, 0) is 40.4 Å². The normalized spacial score (nSPS) is 10.7. The van der Waals surface area contributed by atoms with Gasteiger partial charge in [0.05, 0.1) is 0 Å². The van der Waals surface area contributed by atoms with Gasteiger partial charge >= 0.3 is 5.97 Å². The quantitative estimate of drug-likeness (QED) is 0.471. The number of esters is 1. The first kappa shape index (κ1) is 17.2. The summed E-state index contributed by atoms with van der Waals surface area (Å²) in [6, 6.07) is 19.8. The number of aromatic amines is 1. The molecule has 0 saturated heterocycles. The van der Waals surface area contributed by atoms with Gasteiger partial charge in [0, 0.05) is 11.3 Å². The Morgan fingerprint density at radius 2 is 1.78 bits per heavy atom. The minimum absolute atomic E-state index is 0.218. The van der Waals surface area contributed by atoms with Gasteiger partial charge in [0.15, 0.2) is 5.69 Å². The van der Waals surface area contributed by atoms with Gasteiger partial charge in [-0.3, -0.25) is 0 Å². The van der Waals surface area contributed by atoms with Crippen LogP contribution in [0.2, 0.25) is 0 Å². The summed E-state index contributed by atoms with van der Waals surface area (Å²) in [5, 5.41) is 4.17. The third kappa shape index (κ3) is 3.83. The summed E-state index contributed by atoms with van der Waals surface area (Å²) in [5.74, 6) is 0.244. The molecule has 1 N–H and O–H groups in total. The molecule has 0 aliphatic carbocycles. The third-order valence-corrected chi connectivity index (χ3v) is 4.99. The summed E-state index contributed by atoms with van der Waals surface area (Å²) in [6.45, 7) is 2.04. The number of hydrogen-bond acceptors (Lipinski definition) is 4. The van der Waals surface area contributed by atoms with Crippen LogP contribution >= 0.6 is 11.3 Å². The molecule has 0 aliphatic rings. The molecule has 0 atom stereocenters. The van der Waals surface area contributed by atoms with Gasteiger partial charge in [-0.1, -0.05) is 54.6 Å². The number of aromatic nitrogens is 2. The van der Waals surface area contributed by atoms with Crippen molar-refractivity contribution in [2.45, 2.75) is 13.5 Å². The smallest absolute Gasteiger partial charge is 0.359 e. The average molecular weight is 374 g/mol. The molecule has 4 aromatic rings. The molecule has 0 aliphatic heterocycles. The van der Waals surface area contributed by atoms with E-state index in [4.69, 9.17) is 4.74 Å². The predicted octanol–water partition coefficient (Wildman–Crippen LogP) is 5.47. The molecule has 0 fully saturated rings. The minimum atomic E-state index is -0.423. The van der Waals surface area contributed by atoms with Crippen molar-refractivity contribution >= 4 is 17.3 Å². The largest absolute Gasteiger partial charge is 0.456 e. The zero-order valence-electron chi connectivity index (χ0n) is 14.8. The fourth-order valence-corrected chi connectivity index (χ4v) is 3.50. The van der Waals surface area contributed by atoms with Crippen molar-refractivity contribution in [1.29, 1.82) is 0 Å². The van der Waals surface area contributed by atoms with Gasteiger partial charge < -0.3 is 9.72 Å². The molecule has 4 rings (SSSR count). The van der Waals surface area contributed by atoms with E-state index in [1.807, 2.05) is 61.5 Å². The second-order valence-corrected chi connectivity index (χ2v) is 6.99. The van der Waals surface area contributed by atoms with Gasteiger partial charge in [0.25, 0.3) is 0 Å². The van der Waals surface area contributed by atoms with Crippen LogP contribution in [-0.4, -0.2) is 15.9 Å². The van der Waals surface area contributed by atoms with Crippen molar-refractivity contribution in [2.24, 2.45) is 0 Å². The van der Waals surface area contributed by atoms with E-state index in [0.29, 0.717) is 17.2 Å². The molecule has 0 unspecified atom stereocenters. The fourth-order valence-electron chi connectivity index (χ4n) is 2.83. The van der Waals surface area contributed by atoms with Crippen LogP contribution in [0.25, 0.3) is 22.5 Å². The first-order chi connectivity index (χ1) is 13.2. The Morgan fingerprint density at radius 3 is 2.48 bits per heavy atom. The maximum Gasteiger partial charge on any atom is 0.359 e. The Labute approximate surface area is 161 Å². The fraction of sp³-hybridized carbons (Fsp3) is 0.0909. The van der Waals surface area contributed by atoms with Crippen molar-refractivity contribution in [3.63, 3.8) is 0 Å². The number of nitrogens with one attached hydrogen (secondary N) is 1. The molecule has 2 aromatic heterocycles. The van der Waals surface area contributed by atoms with Gasteiger partial charge in [-0.25, -0.2) is 9.78 Å². The maximum atomic E-state index is 12.4. The van der Waals surface area contributed by atoms with Gasteiger partial charge in [0.2, 0.25) is 0 Å². The Bertz CT molecular complexity index is 1040. The summed E-state index contributed by atoms with van der Waals surface area (Å²) >= 11 is 1.67. The van der Waals surface area contributed by atoms with E-state index in [1.54, 1.807) is 11.3 Å². The second-order valence-electron chi connectivity index (χ2n) is 6.21. The Morgan fingerprint density at radius 1 is 1.00 bits per heavy atom. The molecular formula is C22H18N2O2S. The highest BCUT2D eigenvalue weighted by Gasteiger charge is 2.17. The second kappa shape index (κ2) is 7.60. The van der Waals surface area contributed by atoms with Crippen LogP contribution in [0.3, 0.4) is 0 Å². The summed E-state index contributed by atoms with van der Waals surface area (Å²) in [5.41, 5.74) is 5.25. The average Bonchev–Trinajstić information content (AvgIpc) is 3.37. The zero-order chi connectivity index (χ0) is 18.6. The Balaban J connectivity index is 1.43. The molecule has 4 nitrogen and oxygen atoms in total. The third-order valence-electron chi connectivity index (χ3n) is 4.30. The minimum Gasteiger partial charge on any atom is -0.456 e. The monoisotopic (exact) mass is 374 g/mol. The van der Waals surface area contributed by atoms with E-state index in [1.165, 1.54) is 5.56 Å². The van der Waals surface area contributed by atoms with Crippen LogP contribution in [0.4, 0.5) is 0 Å². The Hall–Kier alpha value is -3.18. The van der Waals surface area contributed by atoms with Crippen LogP contribution in [0.1, 0.15) is 21.7 Å². The van der Waals surface area contributed by atoms with E-state index >= 15 is 0 Å². The van der Waals surface area contributed by atoms with Crippen LogP contribution in [0.15, 0.2) is 71.4 Å². The van der Waals surface area contributed by atoms with Crippen LogP contribution < -0.4 is 0 Å². The summed E-state index contributed by atoms with van der Waals surface area (Å²) in [7, 11) is 0. The molecule has 0 amide bonds. The number of rotatable bonds is 5. The molecule has 0 radical (unpaired) electrons. The first-order valence-corrected chi connectivity index (χ1v) is 9.55. The van der Waals surface area contributed by atoms with Gasteiger partial charge in [-0.15, -0.1) is 0 Å². The number of ether oxygens (including phenoxy) is 1. The number of hydrogen-bond donors (Lipinski definition) is 1. The topological polar surface area (TPSA) is 55.0 Å². The molecule has 0 saturated carbocycles. The highest BCUT2D eigenvalue weighted by atomic mass is 32.1. The van der Waals surface area contributed by atoms with Gasteiger partial charge in [-0.2, -0.15) is 11.3 Å². The highest BCUT2D eigenvalue weighted by molar-refractivity contribution is 7.08. The van der Waals surface area contributed by atoms with E-state index in [-0.39, 0.29) is 6.61 Å². The molecular weight excluding hydrogens is 356 g/mol. The summed E-state index contributed by atoms with van der Waals surface area (Å²) < 4.78 is 5.46. The number of carbonyl (C=O) groups excluding carboxylic acids is 1. The number of imidazole rings is 1. The lowest BCUT2D eigenvalue weighted by Gasteiger charge is -2.05. The van der Waals surface area contributed by atoms with Crippen molar-refractivity contribution in [3.8, 4) is 22.5 Å². The van der Waals surface area contributed by atoms with E-state index in [0.717, 1.165) is 16.7 Å². The van der Waals surface area contributed by atoms with Crippen molar-refractivity contribution in [2.75, 3.05) is 0 Å². The highest BCUT2D eigenvalue weighted by Crippen LogP contribution is 2.23. The zero-order valence-corrected chi connectivity index (χ0v) is 15.6. The molecule has 27 heavy (non-hydrogen) atoms. The molecule has 2 aromatic carbocycles. The molecule has 0 spiro atoms. The molecule has 0 bridgehead atoms. The predicted molar refractivity (Wildman–Crippen MR) is 108 cm³/mol. The van der Waals surface area contributed by atoms with Crippen molar-refractivity contribution < 1.29 is 9.53 Å². The SMILES string of the molecule is Cc1[nH]c(-c2ccccc2)nc1C(=O)OCc1ccc(-c2ccsc2)cc1. The van der Waals surface area contributed by atoms with Gasteiger partial charge in [0.1, 0.15) is 12.4 Å². The Kier molecular flexibility index (Phi) is 4.85. The van der Waals surface area contributed by atoms with Crippen LogP contribution in [0, 0.1) is 6.92 Å². The molecule has 5 heteroatoms. The molecule has 2 heterocycles. The van der Waals surface area contributed by atoms with E-state index in [9.17, 15) is 4.79 Å². The summed E-state index contributed by atoms with van der Waals surface area (Å²) in [6.07, 6.45) is 0. The van der Waals surface area contributed by atoms with Crippen molar-refractivity contribution in [3.05, 3.63) is 88.4 Å². The number of nitrogens with zero attached hydrogens (tertiary/aromatic N) is 1. The number of benzene rings is 2. The number of H-pyrrole nitrogens is 1. The molecule has 134 valence electrons.